The number of aryl methyl sites for hydroxylation is 2. The molecule has 0 bridgehead atoms. The molecule has 188 valence electrons. The SMILES string of the molecule is Cc1c(C=CCNCCc2ccccc2)[nH]c(=O)c2c1ccc1nc(Nc3c(Cl)cccc3Cl)n(C)c12. The summed E-state index contributed by atoms with van der Waals surface area (Å²) < 4.78 is 1.86. The lowest BCUT2D eigenvalue weighted by molar-refractivity contribution is 0.745. The summed E-state index contributed by atoms with van der Waals surface area (Å²) in [5, 5.41) is 9.11. The van der Waals surface area contributed by atoms with Crippen LogP contribution in [0.25, 0.3) is 27.9 Å². The lowest BCUT2D eigenvalue weighted by Gasteiger charge is -2.11. The number of benzene rings is 3. The van der Waals surface area contributed by atoms with Crippen molar-refractivity contribution in [3.05, 3.63) is 104 Å². The minimum atomic E-state index is -0.159. The van der Waals surface area contributed by atoms with E-state index in [9.17, 15) is 4.79 Å². The maximum absolute atomic E-state index is 13.3. The number of hydrogen-bond acceptors (Lipinski definition) is 4. The van der Waals surface area contributed by atoms with E-state index in [1.54, 1.807) is 18.2 Å². The molecule has 0 aliphatic heterocycles. The van der Waals surface area contributed by atoms with Crippen molar-refractivity contribution in [2.75, 3.05) is 18.4 Å². The van der Waals surface area contributed by atoms with Crippen molar-refractivity contribution in [3.8, 4) is 0 Å². The summed E-state index contributed by atoms with van der Waals surface area (Å²) in [5.74, 6) is 0.542. The van der Waals surface area contributed by atoms with Gasteiger partial charge in [-0.2, -0.15) is 0 Å². The number of anilines is 2. The van der Waals surface area contributed by atoms with Gasteiger partial charge in [-0.1, -0.05) is 71.7 Å². The molecular weight excluding hydrogens is 505 g/mol. The standard InChI is InChI=1S/C29H27Cl2N5O/c1-18-20-13-14-24-27(36(2)29(34-24)35-26-21(30)10-6-11-22(26)31)25(20)28(37)33-23(18)12-7-16-32-17-15-19-8-4-3-5-9-19/h3-14,32H,15-17H2,1-2H3,(H,33,37)(H,34,35). The minimum absolute atomic E-state index is 0.159. The van der Waals surface area contributed by atoms with Gasteiger partial charge in [0.15, 0.2) is 0 Å². The fourth-order valence-electron chi connectivity index (χ4n) is 4.52. The molecule has 0 unspecified atom stereocenters. The summed E-state index contributed by atoms with van der Waals surface area (Å²) in [4.78, 5) is 21.0. The predicted octanol–water partition coefficient (Wildman–Crippen LogP) is 6.62. The number of rotatable bonds is 8. The quantitative estimate of drug-likeness (QED) is 0.197. The van der Waals surface area contributed by atoms with E-state index < -0.39 is 0 Å². The zero-order valence-corrected chi connectivity index (χ0v) is 22.1. The van der Waals surface area contributed by atoms with Gasteiger partial charge in [0.05, 0.1) is 32.2 Å². The van der Waals surface area contributed by atoms with Gasteiger partial charge in [-0.15, -0.1) is 0 Å². The van der Waals surface area contributed by atoms with Gasteiger partial charge in [0.2, 0.25) is 5.95 Å². The number of pyridine rings is 1. The number of nitrogens with one attached hydrogen (secondary N) is 3. The van der Waals surface area contributed by atoms with Crippen LogP contribution in [-0.4, -0.2) is 27.6 Å². The zero-order valence-electron chi connectivity index (χ0n) is 20.6. The van der Waals surface area contributed by atoms with Crippen molar-refractivity contribution >= 4 is 62.7 Å². The van der Waals surface area contributed by atoms with Gasteiger partial charge in [-0.3, -0.25) is 4.79 Å². The number of aromatic nitrogens is 3. The first-order valence-corrected chi connectivity index (χ1v) is 12.8. The van der Waals surface area contributed by atoms with E-state index in [0.717, 1.165) is 35.1 Å². The van der Waals surface area contributed by atoms with E-state index in [4.69, 9.17) is 28.2 Å². The molecule has 6 nitrogen and oxygen atoms in total. The molecule has 37 heavy (non-hydrogen) atoms. The molecule has 0 aliphatic carbocycles. The second-order valence-corrected chi connectivity index (χ2v) is 9.72. The van der Waals surface area contributed by atoms with Gasteiger partial charge in [0.25, 0.3) is 5.56 Å². The first kappa shape index (κ1) is 25.1. The maximum atomic E-state index is 13.3. The average Bonchev–Trinajstić information content (AvgIpc) is 3.21. The summed E-state index contributed by atoms with van der Waals surface area (Å²) in [6, 6.07) is 19.6. The highest BCUT2D eigenvalue weighted by Gasteiger charge is 2.17. The lowest BCUT2D eigenvalue weighted by atomic mass is 10.0. The molecule has 5 aromatic rings. The first-order valence-electron chi connectivity index (χ1n) is 12.1. The van der Waals surface area contributed by atoms with E-state index in [1.807, 2.05) is 48.9 Å². The molecule has 3 N–H and O–H groups in total. The Kier molecular flexibility index (Phi) is 7.33. The monoisotopic (exact) mass is 531 g/mol. The number of aromatic amines is 1. The third kappa shape index (κ3) is 5.14. The third-order valence-electron chi connectivity index (χ3n) is 6.50. The van der Waals surface area contributed by atoms with Crippen molar-refractivity contribution < 1.29 is 0 Å². The molecular formula is C29H27Cl2N5O. The minimum Gasteiger partial charge on any atom is -0.323 e. The number of hydrogen-bond donors (Lipinski definition) is 3. The molecule has 0 atom stereocenters. The van der Waals surface area contributed by atoms with Crippen LogP contribution in [0.15, 0.2) is 71.5 Å². The molecule has 8 heteroatoms. The largest absolute Gasteiger partial charge is 0.323 e. The van der Waals surface area contributed by atoms with Crippen LogP contribution in [0.5, 0.6) is 0 Å². The third-order valence-corrected chi connectivity index (χ3v) is 7.13. The summed E-state index contributed by atoms with van der Waals surface area (Å²) in [6.45, 7) is 3.62. The fourth-order valence-corrected chi connectivity index (χ4v) is 5.01. The summed E-state index contributed by atoms with van der Waals surface area (Å²) in [7, 11) is 1.87. The highest BCUT2D eigenvalue weighted by atomic mass is 35.5. The van der Waals surface area contributed by atoms with Gasteiger partial charge >= 0.3 is 0 Å². The molecule has 5 rings (SSSR count). The molecule has 2 heterocycles. The van der Waals surface area contributed by atoms with Crippen LogP contribution in [0.1, 0.15) is 16.8 Å². The van der Waals surface area contributed by atoms with Crippen LogP contribution in [0.2, 0.25) is 10.0 Å². The van der Waals surface area contributed by atoms with Crippen molar-refractivity contribution in [3.63, 3.8) is 0 Å². The lowest BCUT2D eigenvalue weighted by Crippen LogP contribution is -2.17. The number of nitrogens with zero attached hydrogens (tertiary/aromatic N) is 2. The summed E-state index contributed by atoms with van der Waals surface area (Å²) in [6.07, 6.45) is 4.97. The van der Waals surface area contributed by atoms with Crippen LogP contribution in [0.3, 0.4) is 0 Å². The van der Waals surface area contributed by atoms with Crippen LogP contribution in [0, 0.1) is 6.92 Å². The molecule has 0 spiro atoms. The molecule has 0 aliphatic rings. The number of fused-ring (bicyclic) bond motifs is 3. The van der Waals surface area contributed by atoms with E-state index >= 15 is 0 Å². The molecule has 0 fully saturated rings. The van der Waals surface area contributed by atoms with Crippen molar-refractivity contribution in [2.45, 2.75) is 13.3 Å². The second kappa shape index (κ2) is 10.8. The maximum Gasteiger partial charge on any atom is 0.258 e. The number of H-pyrrole nitrogens is 1. The summed E-state index contributed by atoms with van der Waals surface area (Å²) >= 11 is 12.7. The highest BCUT2D eigenvalue weighted by Crippen LogP contribution is 2.34. The Labute approximate surface area is 225 Å². The number of halogens is 2. The Morgan fingerprint density at radius 1 is 1.03 bits per heavy atom. The van der Waals surface area contributed by atoms with E-state index in [-0.39, 0.29) is 5.56 Å². The van der Waals surface area contributed by atoms with Gasteiger partial charge in [-0.05, 0) is 60.7 Å². The Morgan fingerprint density at radius 2 is 1.78 bits per heavy atom. The van der Waals surface area contributed by atoms with Crippen LogP contribution >= 0.6 is 23.2 Å². The van der Waals surface area contributed by atoms with Gasteiger partial charge in [0.1, 0.15) is 0 Å². The topological polar surface area (TPSA) is 74.7 Å². The molecule has 0 saturated carbocycles. The smallest absolute Gasteiger partial charge is 0.258 e. The van der Waals surface area contributed by atoms with Crippen LogP contribution in [0.4, 0.5) is 11.6 Å². The van der Waals surface area contributed by atoms with Gasteiger partial charge < -0.3 is 20.2 Å². The zero-order chi connectivity index (χ0) is 25.9. The van der Waals surface area contributed by atoms with E-state index in [2.05, 4.69) is 39.9 Å². The molecule has 0 amide bonds. The Hall–Kier alpha value is -3.58. The second-order valence-electron chi connectivity index (χ2n) is 8.91. The molecule has 0 saturated heterocycles. The Morgan fingerprint density at radius 3 is 2.54 bits per heavy atom. The predicted molar refractivity (Wildman–Crippen MR) is 155 cm³/mol. The molecule has 0 radical (unpaired) electrons. The van der Waals surface area contributed by atoms with Crippen molar-refractivity contribution in [2.24, 2.45) is 7.05 Å². The summed E-state index contributed by atoms with van der Waals surface area (Å²) in [5.41, 5.74) is 4.97. The van der Waals surface area contributed by atoms with Crippen molar-refractivity contribution in [1.29, 1.82) is 0 Å². The highest BCUT2D eigenvalue weighted by molar-refractivity contribution is 6.39. The van der Waals surface area contributed by atoms with Crippen LogP contribution in [-0.2, 0) is 13.5 Å². The van der Waals surface area contributed by atoms with Crippen molar-refractivity contribution in [1.82, 2.24) is 19.9 Å². The van der Waals surface area contributed by atoms with E-state index in [1.165, 1.54) is 5.56 Å². The van der Waals surface area contributed by atoms with Gasteiger partial charge in [0, 0.05) is 19.3 Å². The fraction of sp³-hybridized carbons (Fsp3) is 0.172. The van der Waals surface area contributed by atoms with E-state index in [0.29, 0.717) is 39.1 Å². The number of para-hydroxylation sites is 1. The van der Waals surface area contributed by atoms with Crippen LogP contribution < -0.4 is 16.2 Å². The Balaban J connectivity index is 1.40. The normalized spacial score (nSPS) is 11.7. The first-order chi connectivity index (χ1) is 17.9. The van der Waals surface area contributed by atoms with Gasteiger partial charge in [-0.25, -0.2) is 4.98 Å². The Bertz CT molecular complexity index is 1650. The average molecular weight is 532 g/mol. The molecule has 3 aromatic carbocycles. The molecule has 2 aromatic heterocycles. The number of imidazole rings is 1.